The van der Waals surface area contributed by atoms with Gasteiger partial charge in [-0.25, -0.2) is 0 Å². The number of para-hydroxylation sites is 1. The first kappa shape index (κ1) is 10.8. The molecule has 0 unspecified atom stereocenters. The van der Waals surface area contributed by atoms with Crippen molar-refractivity contribution in [3.05, 3.63) is 30.3 Å². The van der Waals surface area contributed by atoms with Gasteiger partial charge in [0.25, 0.3) is 0 Å². The largest absolute Gasteiger partial charge is 0.315 e. The Morgan fingerprint density at radius 1 is 1.29 bits per heavy atom. The summed E-state index contributed by atoms with van der Waals surface area (Å²) in [4.78, 5) is 12.6. The molecule has 0 radical (unpaired) electrons. The maximum atomic E-state index is 10.8. The average Bonchev–Trinajstić information content (AvgIpc) is 2.20. The molecule has 1 aromatic carbocycles. The molecule has 76 valence electrons. The summed E-state index contributed by atoms with van der Waals surface area (Å²) in [5.74, 6) is 0.626. The number of rotatable bonds is 5. The SMILES string of the molecule is CC(C)CCN(C=O)c1ccccc1. The molecule has 1 aromatic rings. The number of carbonyl (C=O) groups excluding carboxylic acids is 1. The fraction of sp³-hybridized carbons (Fsp3) is 0.417. The van der Waals surface area contributed by atoms with Crippen molar-refractivity contribution in [2.45, 2.75) is 20.3 Å². The van der Waals surface area contributed by atoms with Crippen molar-refractivity contribution in [3.63, 3.8) is 0 Å². The van der Waals surface area contributed by atoms with Crippen molar-refractivity contribution in [2.24, 2.45) is 5.92 Å². The molecule has 0 bridgehead atoms. The number of anilines is 1. The van der Waals surface area contributed by atoms with Crippen LogP contribution in [0, 0.1) is 5.92 Å². The van der Waals surface area contributed by atoms with Crippen LogP contribution in [0.4, 0.5) is 5.69 Å². The van der Waals surface area contributed by atoms with E-state index in [1.807, 2.05) is 30.3 Å². The van der Waals surface area contributed by atoms with Gasteiger partial charge in [0.15, 0.2) is 0 Å². The lowest BCUT2D eigenvalue weighted by Crippen LogP contribution is -2.23. The van der Waals surface area contributed by atoms with E-state index in [4.69, 9.17) is 0 Å². The lowest BCUT2D eigenvalue weighted by atomic mass is 10.1. The quantitative estimate of drug-likeness (QED) is 0.655. The van der Waals surface area contributed by atoms with Gasteiger partial charge in [-0.1, -0.05) is 32.0 Å². The van der Waals surface area contributed by atoms with Crippen molar-refractivity contribution in [3.8, 4) is 0 Å². The van der Waals surface area contributed by atoms with Gasteiger partial charge < -0.3 is 4.90 Å². The summed E-state index contributed by atoms with van der Waals surface area (Å²) in [6.07, 6.45) is 1.94. The Morgan fingerprint density at radius 2 is 1.93 bits per heavy atom. The summed E-state index contributed by atoms with van der Waals surface area (Å²) in [7, 11) is 0. The molecule has 0 saturated heterocycles. The fourth-order valence-electron chi connectivity index (χ4n) is 1.26. The third-order valence-electron chi connectivity index (χ3n) is 2.16. The van der Waals surface area contributed by atoms with Gasteiger partial charge in [0.05, 0.1) is 0 Å². The third kappa shape index (κ3) is 3.21. The Morgan fingerprint density at radius 3 is 2.43 bits per heavy atom. The van der Waals surface area contributed by atoms with E-state index in [0.717, 1.165) is 25.1 Å². The Balaban J connectivity index is 2.59. The molecule has 0 heterocycles. The van der Waals surface area contributed by atoms with Crippen LogP contribution in [0.5, 0.6) is 0 Å². The number of hydrogen-bond acceptors (Lipinski definition) is 1. The summed E-state index contributed by atoms with van der Waals surface area (Å²) in [6, 6.07) is 9.75. The lowest BCUT2D eigenvalue weighted by molar-refractivity contribution is -0.107. The van der Waals surface area contributed by atoms with Crippen LogP contribution in [0.25, 0.3) is 0 Å². The predicted octanol–water partition coefficient (Wildman–Crippen LogP) is 2.70. The Kier molecular flexibility index (Phi) is 4.17. The molecule has 0 aliphatic heterocycles. The van der Waals surface area contributed by atoms with E-state index in [2.05, 4.69) is 13.8 Å². The number of benzene rings is 1. The molecule has 0 atom stereocenters. The second-order valence-corrected chi connectivity index (χ2v) is 3.82. The normalized spacial score (nSPS) is 10.2. The minimum atomic E-state index is 0.626. The highest BCUT2D eigenvalue weighted by Crippen LogP contribution is 2.12. The van der Waals surface area contributed by atoms with Crippen molar-refractivity contribution >= 4 is 12.1 Å². The molecule has 2 heteroatoms. The van der Waals surface area contributed by atoms with Crippen LogP contribution in [-0.4, -0.2) is 13.0 Å². The van der Waals surface area contributed by atoms with Crippen molar-refractivity contribution in [1.82, 2.24) is 0 Å². The topological polar surface area (TPSA) is 20.3 Å². The Labute approximate surface area is 85.5 Å². The predicted molar refractivity (Wildman–Crippen MR) is 59.3 cm³/mol. The van der Waals surface area contributed by atoms with E-state index in [0.29, 0.717) is 5.92 Å². The highest BCUT2D eigenvalue weighted by Gasteiger charge is 2.04. The molecule has 0 aliphatic carbocycles. The first-order chi connectivity index (χ1) is 6.74. The molecular weight excluding hydrogens is 174 g/mol. The van der Waals surface area contributed by atoms with Crippen LogP contribution < -0.4 is 4.90 Å². The maximum Gasteiger partial charge on any atom is 0.214 e. The zero-order chi connectivity index (χ0) is 10.4. The van der Waals surface area contributed by atoms with Gasteiger partial charge in [-0.15, -0.1) is 0 Å². The molecule has 0 spiro atoms. The van der Waals surface area contributed by atoms with Crippen LogP contribution in [0.3, 0.4) is 0 Å². The second-order valence-electron chi connectivity index (χ2n) is 3.82. The molecule has 1 amide bonds. The number of amides is 1. The van der Waals surface area contributed by atoms with Gasteiger partial charge >= 0.3 is 0 Å². The van der Waals surface area contributed by atoms with Crippen LogP contribution in [0.15, 0.2) is 30.3 Å². The van der Waals surface area contributed by atoms with Gasteiger partial charge in [0, 0.05) is 12.2 Å². The smallest absolute Gasteiger partial charge is 0.214 e. The van der Waals surface area contributed by atoms with Crippen molar-refractivity contribution in [1.29, 1.82) is 0 Å². The van der Waals surface area contributed by atoms with Gasteiger partial charge in [-0.2, -0.15) is 0 Å². The monoisotopic (exact) mass is 191 g/mol. The minimum Gasteiger partial charge on any atom is -0.315 e. The summed E-state index contributed by atoms with van der Waals surface area (Å²) in [5, 5.41) is 0. The fourth-order valence-corrected chi connectivity index (χ4v) is 1.26. The molecule has 0 aromatic heterocycles. The van der Waals surface area contributed by atoms with Gasteiger partial charge in [-0.3, -0.25) is 4.79 Å². The number of hydrogen-bond donors (Lipinski definition) is 0. The van der Waals surface area contributed by atoms with Gasteiger partial charge in [0.2, 0.25) is 6.41 Å². The highest BCUT2D eigenvalue weighted by atomic mass is 16.1. The van der Waals surface area contributed by atoms with E-state index in [1.54, 1.807) is 4.90 Å². The van der Waals surface area contributed by atoms with Crippen LogP contribution >= 0.6 is 0 Å². The molecular formula is C12H17NO. The second kappa shape index (κ2) is 5.43. The average molecular weight is 191 g/mol. The molecule has 0 aliphatic rings. The molecule has 1 rings (SSSR count). The summed E-state index contributed by atoms with van der Waals surface area (Å²) < 4.78 is 0. The first-order valence-electron chi connectivity index (χ1n) is 5.01. The standard InChI is InChI=1S/C12H17NO/c1-11(2)8-9-13(10-14)12-6-4-3-5-7-12/h3-7,10-11H,8-9H2,1-2H3. The Hall–Kier alpha value is -1.31. The molecule has 0 N–H and O–H groups in total. The van der Waals surface area contributed by atoms with Crippen molar-refractivity contribution < 1.29 is 4.79 Å². The lowest BCUT2D eigenvalue weighted by Gasteiger charge is -2.18. The van der Waals surface area contributed by atoms with Crippen LogP contribution in [0.2, 0.25) is 0 Å². The summed E-state index contributed by atoms with van der Waals surface area (Å²) in [6.45, 7) is 5.12. The zero-order valence-electron chi connectivity index (χ0n) is 8.81. The van der Waals surface area contributed by atoms with E-state index in [-0.39, 0.29) is 0 Å². The Bertz CT molecular complexity index is 269. The highest BCUT2D eigenvalue weighted by molar-refractivity contribution is 5.74. The molecule has 0 saturated carbocycles. The third-order valence-corrected chi connectivity index (χ3v) is 2.16. The maximum absolute atomic E-state index is 10.8. The van der Waals surface area contributed by atoms with E-state index in [9.17, 15) is 4.79 Å². The van der Waals surface area contributed by atoms with Gasteiger partial charge in [0.1, 0.15) is 0 Å². The van der Waals surface area contributed by atoms with Crippen LogP contribution in [-0.2, 0) is 4.79 Å². The van der Waals surface area contributed by atoms with E-state index in [1.165, 1.54) is 0 Å². The van der Waals surface area contributed by atoms with Gasteiger partial charge in [-0.05, 0) is 24.5 Å². The minimum absolute atomic E-state index is 0.626. The van der Waals surface area contributed by atoms with E-state index < -0.39 is 0 Å². The number of carbonyl (C=O) groups is 1. The molecule has 0 fully saturated rings. The summed E-state index contributed by atoms with van der Waals surface area (Å²) >= 11 is 0. The molecule has 14 heavy (non-hydrogen) atoms. The summed E-state index contributed by atoms with van der Waals surface area (Å²) in [5.41, 5.74) is 0.975. The number of nitrogens with zero attached hydrogens (tertiary/aromatic N) is 1. The zero-order valence-corrected chi connectivity index (χ0v) is 8.81. The van der Waals surface area contributed by atoms with Crippen LogP contribution in [0.1, 0.15) is 20.3 Å². The van der Waals surface area contributed by atoms with E-state index >= 15 is 0 Å². The first-order valence-corrected chi connectivity index (χ1v) is 5.01. The van der Waals surface area contributed by atoms with Crippen molar-refractivity contribution in [2.75, 3.05) is 11.4 Å². The molecule has 2 nitrogen and oxygen atoms in total.